The van der Waals surface area contributed by atoms with Crippen molar-refractivity contribution in [3.63, 3.8) is 0 Å². The molecule has 0 unspecified atom stereocenters. The molecule has 2 aromatic rings. The van der Waals surface area contributed by atoms with E-state index in [1.807, 2.05) is 61.5 Å². The second-order valence-corrected chi connectivity index (χ2v) is 4.87. The van der Waals surface area contributed by atoms with Gasteiger partial charge in [-0.05, 0) is 50.2 Å². The van der Waals surface area contributed by atoms with E-state index >= 15 is 0 Å². The maximum atomic E-state index is 11.4. The van der Waals surface area contributed by atoms with Crippen LogP contribution < -0.4 is 5.32 Å². The molecule has 2 rings (SSSR count). The molecule has 114 valence electrons. The topological polar surface area (TPSA) is 50.7 Å². The van der Waals surface area contributed by atoms with Crippen LogP contribution in [-0.4, -0.2) is 18.3 Å². The Morgan fingerprint density at radius 2 is 1.68 bits per heavy atom. The quantitative estimate of drug-likeness (QED) is 0.632. The van der Waals surface area contributed by atoms with Crippen LogP contribution >= 0.6 is 0 Å². The van der Waals surface area contributed by atoms with Crippen LogP contribution in [-0.2, 0) is 9.53 Å². The van der Waals surface area contributed by atoms with Crippen LogP contribution in [0.1, 0.15) is 20.3 Å². The molecule has 4 heteroatoms. The van der Waals surface area contributed by atoms with E-state index in [1.54, 1.807) is 6.92 Å². The van der Waals surface area contributed by atoms with E-state index in [0.717, 1.165) is 22.8 Å². The lowest BCUT2D eigenvalue weighted by atomic mass is 10.2. The van der Waals surface area contributed by atoms with Crippen LogP contribution in [0.15, 0.2) is 59.6 Å². The highest BCUT2D eigenvalue weighted by Gasteiger charge is 2.04. The van der Waals surface area contributed by atoms with Gasteiger partial charge in [-0.2, -0.15) is 0 Å². The third-order valence-electron chi connectivity index (χ3n) is 2.96. The van der Waals surface area contributed by atoms with Gasteiger partial charge in [0, 0.05) is 17.1 Å². The Hall–Kier alpha value is -2.62. The van der Waals surface area contributed by atoms with Crippen molar-refractivity contribution >= 4 is 28.7 Å². The van der Waals surface area contributed by atoms with E-state index in [0.29, 0.717) is 6.61 Å². The number of anilines is 2. The van der Waals surface area contributed by atoms with Gasteiger partial charge in [-0.15, -0.1) is 0 Å². The van der Waals surface area contributed by atoms with Gasteiger partial charge < -0.3 is 10.1 Å². The first-order valence-electron chi connectivity index (χ1n) is 7.29. The van der Waals surface area contributed by atoms with Crippen LogP contribution in [0.5, 0.6) is 0 Å². The Balaban J connectivity index is 1.98. The first-order valence-corrected chi connectivity index (χ1v) is 7.29. The highest BCUT2D eigenvalue weighted by Crippen LogP contribution is 2.20. The second kappa shape index (κ2) is 7.98. The van der Waals surface area contributed by atoms with Crippen molar-refractivity contribution in [3.05, 3.63) is 54.6 Å². The molecule has 0 radical (unpaired) electrons. The molecule has 22 heavy (non-hydrogen) atoms. The maximum absolute atomic E-state index is 11.4. The third-order valence-corrected chi connectivity index (χ3v) is 2.96. The molecule has 0 aliphatic rings. The molecule has 0 fully saturated rings. The smallest absolute Gasteiger partial charge is 0.311 e. The van der Waals surface area contributed by atoms with Crippen LogP contribution in [0, 0.1) is 0 Å². The summed E-state index contributed by atoms with van der Waals surface area (Å²) in [5.41, 5.74) is 3.59. The van der Waals surface area contributed by atoms with Gasteiger partial charge in [0.15, 0.2) is 0 Å². The maximum Gasteiger partial charge on any atom is 0.311 e. The number of carbonyl (C=O) groups is 1. The number of esters is 1. The number of nitrogens with one attached hydrogen (secondary N) is 1. The Morgan fingerprint density at radius 3 is 2.32 bits per heavy atom. The highest BCUT2D eigenvalue weighted by molar-refractivity contribution is 5.98. The van der Waals surface area contributed by atoms with Gasteiger partial charge in [-0.3, -0.25) is 9.79 Å². The first kappa shape index (κ1) is 15.8. The van der Waals surface area contributed by atoms with Gasteiger partial charge in [-0.1, -0.05) is 18.2 Å². The molecule has 0 aromatic heterocycles. The number of nitrogens with zero attached hydrogens (tertiary/aromatic N) is 1. The zero-order valence-electron chi connectivity index (χ0n) is 12.9. The molecule has 0 spiro atoms. The molecule has 0 saturated carbocycles. The number of benzene rings is 2. The summed E-state index contributed by atoms with van der Waals surface area (Å²) in [7, 11) is 0. The molecule has 0 aliphatic heterocycles. The molecule has 0 bridgehead atoms. The Bertz CT molecular complexity index is 634. The summed E-state index contributed by atoms with van der Waals surface area (Å²) in [6, 6.07) is 17.7. The molecule has 0 atom stereocenters. The van der Waals surface area contributed by atoms with E-state index < -0.39 is 0 Å². The van der Waals surface area contributed by atoms with Gasteiger partial charge in [0.1, 0.15) is 0 Å². The summed E-state index contributed by atoms with van der Waals surface area (Å²) < 4.78 is 4.91. The van der Waals surface area contributed by atoms with Gasteiger partial charge in [0.2, 0.25) is 0 Å². The average molecular weight is 296 g/mol. The summed E-state index contributed by atoms with van der Waals surface area (Å²) in [5, 5.41) is 3.31. The molecule has 1 N–H and O–H groups in total. The van der Waals surface area contributed by atoms with Crippen LogP contribution in [0.3, 0.4) is 0 Å². The summed E-state index contributed by atoms with van der Waals surface area (Å²) in [4.78, 5) is 15.8. The summed E-state index contributed by atoms with van der Waals surface area (Å²) >= 11 is 0. The van der Waals surface area contributed by atoms with E-state index in [1.165, 1.54) is 0 Å². The summed E-state index contributed by atoms with van der Waals surface area (Å²) in [5.74, 6) is -0.244. The fraction of sp³-hybridized carbons (Fsp3) is 0.222. The lowest BCUT2D eigenvalue weighted by Gasteiger charge is -2.06. The van der Waals surface area contributed by atoms with Gasteiger partial charge in [0.25, 0.3) is 0 Å². The lowest BCUT2D eigenvalue weighted by molar-refractivity contribution is -0.141. The molecular formula is C18H20N2O2. The third kappa shape index (κ3) is 5.05. The number of hydrogen-bond acceptors (Lipinski definition) is 4. The Kier molecular flexibility index (Phi) is 5.72. The number of aliphatic imine (C=N–C) groups is 1. The molecule has 0 aliphatic carbocycles. The molecule has 0 amide bonds. The zero-order chi connectivity index (χ0) is 15.8. The first-order chi connectivity index (χ1) is 10.7. The zero-order valence-corrected chi connectivity index (χ0v) is 12.9. The molecular weight excluding hydrogens is 276 g/mol. The minimum absolute atomic E-state index is 0.220. The van der Waals surface area contributed by atoms with Crippen LogP contribution in [0.4, 0.5) is 17.1 Å². The minimum Gasteiger partial charge on any atom is -0.466 e. The van der Waals surface area contributed by atoms with Crippen molar-refractivity contribution in [3.8, 4) is 0 Å². The normalized spacial score (nSPS) is 11.1. The number of hydrogen-bond donors (Lipinski definition) is 1. The molecule has 0 heterocycles. The second-order valence-electron chi connectivity index (χ2n) is 4.87. The summed E-state index contributed by atoms with van der Waals surface area (Å²) in [6.45, 7) is 4.02. The average Bonchev–Trinajstić information content (AvgIpc) is 2.50. The number of rotatable bonds is 6. The standard InChI is InChI=1S/C18H20N2O2/c1-3-22-18(21)13-14(2)19-16-9-11-17(12-10-16)20-15-7-5-4-6-8-15/h4-12,20H,3,13H2,1-2H3. The van der Waals surface area contributed by atoms with Crippen molar-refractivity contribution in [2.45, 2.75) is 20.3 Å². The number of para-hydroxylation sites is 1. The van der Waals surface area contributed by atoms with Crippen molar-refractivity contribution in [1.82, 2.24) is 0 Å². The highest BCUT2D eigenvalue weighted by atomic mass is 16.5. The van der Waals surface area contributed by atoms with Gasteiger partial charge >= 0.3 is 5.97 Å². The van der Waals surface area contributed by atoms with Gasteiger partial charge in [0.05, 0.1) is 18.7 Å². The van der Waals surface area contributed by atoms with E-state index in [9.17, 15) is 4.79 Å². The molecule has 2 aromatic carbocycles. The SMILES string of the molecule is CCOC(=O)CC(C)=Nc1ccc(Nc2ccccc2)cc1. The van der Waals surface area contributed by atoms with Crippen molar-refractivity contribution < 1.29 is 9.53 Å². The van der Waals surface area contributed by atoms with Crippen molar-refractivity contribution in [2.75, 3.05) is 11.9 Å². The number of carbonyl (C=O) groups excluding carboxylic acids is 1. The fourth-order valence-electron chi connectivity index (χ4n) is 1.99. The van der Waals surface area contributed by atoms with E-state index in [4.69, 9.17) is 4.74 Å². The van der Waals surface area contributed by atoms with Crippen LogP contribution in [0.25, 0.3) is 0 Å². The predicted molar refractivity (Wildman–Crippen MR) is 90.2 cm³/mol. The Labute approximate surface area is 130 Å². The largest absolute Gasteiger partial charge is 0.466 e. The lowest BCUT2D eigenvalue weighted by Crippen LogP contribution is -2.08. The van der Waals surface area contributed by atoms with Gasteiger partial charge in [-0.25, -0.2) is 0 Å². The predicted octanol–water partition coefficient (Wildman–Crippen LogP) is 4.48. The summed E-state index contributed by atoms with van der Waals surface area (Å²) in [6.07, 6.45) is 0.220. The monoisotopic (exact) mass is 296 g/mol. The van der Waals surface area contributed by atoms with Crippen LogP contribution in [0.2, 0.25) is 0 Å². The molecule has 4 nitrogen and oxygen atoms in total. The van der Waals surface area contributed by atoms with Crippen molar-refractivity contribution in [1.29, 1.82) is 0 Å². The fourth-order valence-corrected chi connectivity index (χ4v) is 1.99. The minimum atomic E-state index is -0.244. The van der Waals surface area contributed by atoms with E-state index in [2.05, 4.69) is 10.3 Å². The van der Waals surface area contributed by atoms with E-state index in [-0.39, 0.29) is 12.4 Å². The van der Waals surface area contributed by atoms with Crippen molar-refractivity contribution in [2.24, 2.45) is 4.99 Å². The number of ether oxygens (including phenoxy) is 1. The Morgan fingerprint density at radius 1 is 1.05 bits per heavy atom. The molecule has 0 saturated heterocycles.